The first-order valence-electron chi connectivity index (χ1n) is 3.62. The summed E-state index contributed by atoms with van der Waals surface area (Å²) >= 11 is 0. The topological polar surface area (TPSA) is 81.7 Å². The van der Waals surface area contributed by atoms with Gasteiger partial charge in [0.1, 0.15) is 6.61 Å². The Balaban J connectivity index is 0.000000223. The van der Waals surface area contributed by atoms with Crippen LogP contribution in [-0.4, -0.2) is 31.2 Å². The fraction of sp³-hybridized carbons (Fsp3) is 0.571. The molecule has 1 fully saturated rings. The summed E-state index contributed by atoms with van der Waals surface area (Å²) in [5.41, 5.74) is 0. The first-order valence-corrected chi connectivity index (χ1v) is 3.62. The van der Waals surface area contributed by atoms with Crippen molar-refractivity contribution in [3.05, 3.63) is 0 Å². The van der Waals surface area contributed by atoms with Gasteiger partial charge in [-0.2, -0.15) is 0 Å². The smallest absolute Gasteiger partial charge is 0.407 e. The van der Waals surface area contributed by atoms with E-state index in [2.05, 4.69) is 14.8 Å². The Labute approximate surface area is 75.2 Å². The summed E-state index contributed by atoms with van der Waals surface area (Å²) in [5.74, 6) is -1.12. The quantitative estimate of drug-likeness (QED) is 0.422. The van der Waals surface area contributed by atoms with Crippen LogP contribution in [0.5, 0.6) is 0 Å². The molecule has 1 amide bonds. The zero-order valence-electron chi connectivity index (χ0n) is 7.46. The van der Waals surface area contributed by atoms with Gasteiger partial charge in [-0.3, -0.25) is 9.59 Å². The third kappa shape index (κ3) is 8.32. The maximum atomic E-state index is 9.91. The lowest BCUT2D eigenvalue weighted by Crippen LogP contribution is -2.11. The van der Waals surface area contributed by atoms with E-state index in [0.717, 1.165) is 0 Å². The molecule has 1 heterocycles. The number of hydrogen-bond acceptors (Lipinski definition) is 5. The van der Waals surface area contributed by atoms with E-state index in [1.807, 2.05) is 0 Å². The summed E-state index contributed by atoms with van der Waals surface area (Å²) in [4.78, 5) is 29.5. The van der Waals surface area contributed by atoms with Gasteiger partial charge in [-0.1, -0.05) is 0 Å². The van der Waals surface area contributed by atoms with E-state index in [1.54, 1.807) is 0 Å². The molecule has 0 radical (unpaired) electrons. The van der Waals surface area contributed by atoms with Crippen LogP contribution in [0.15, 0.2) is 0 Å². The van der Waals surface area contributed by atoms with Crippen LogP contribution in [0.25, 0.3) is 0 Å². The molecule has 1 aliphatic heterocycles. The second kappa shape index (κ2) is 5.99. The van der Waals surface area contributed by atoms with E-state index < -0.39 is 11.9 Å². The number of alkyl carbamates (subject to hydrolysis) is 1. The summed E-state index contributed by atoms with van der Waals surface area (Å²) in [7, 11) is 0. The molecule has 0 atom stereocenters. The third-order valence-electron chi connectivity index (χ3n) is 0.892. The number of amides is 1. The molecule has 0 saturated carbocycles. The zero-order valence-corrected chi connectivity index (χ0v) is 7.46. The molecule has 13 heavy (non-hydrogen) atoms. The van der Waals surface area contributed by atoms with E-state index in [4.69, 9.17) is 0 Å². The van der Waals surface area contributed by atoms with Gasteiger partial charge in [-0.05, 0) is 0 Å². The largest absolute Gasteiger partial charge is 0.448 e. The maximum Gasteiger partial charge on any atom is 0.407 e. The average Bonchev–Trinajstić information content (AvgIpc) is 2.37. The molecule has 74 valence electrons. The van der Waals surface area contributed by atoms with Crippen LogP contribution < -0.4 is 5.32 Å². The van der Waals surface area contributed by atoms with Crippen molar-refractivity contribution in [3.8, 4) is 0 Å². The summed E-state index contributed by atoms with van der Waals surface area (Å²) < 4.78 is 8.38. The SMILES string of the molecule is CC(=O)OC(C)=O.O=C1NCCO1. The third-order valence-corrected chi connectivity index (χ3v) is 0.892. The molecule has 0 unspecified atom stereocenters. The predicted molar refractivity (Wildman–Crippen MR) is 41.8 cm³/mol. The monoisotopic (exact) mass is 189 g/mol. The van der Waals surface area contributed by atoms with E-state index >= 15 is 0 Å². The number of carbonyl (C=O) groups is 3. The number of carbonyl (C=O) groups excluding carboxylic acids is 3. The van der Waals surface area contributed by atoms with Gasteiger partial charge in [0.2, 0.25) is 0 Å². The van der Waals surface area contributed by atoms with Gasteiger partial charge in [-0.25, -0.2) is 4.79 Å². The van der Waals surface area contributed by atoms with Crippen LogP contribution in [0.3, 0.4) is 0 Å². The van der Waals surface area contributed by atoms with Crippen molar-refractivity contribution in [2.75, 3.05) is 13.2 Å². The summed E-state index contributed by atoms with van der Waals surface area (Å²) in [6.45, 7) is 3.56. The fourth-order valence-corrected chi connectivity index (χ4v) is 0.550. The number of hydrogen-bond donors (Lipinski definition) is 1. The molecule has 1 aliphatic rings. The molecule has 6 nitrogen and oxygen atoms in total. The van der Waals surface area contributed by atoms with Crippen LogP contribution in [0.2, 0.25) is 0 Å². The molecule has 6 heteroatoms. The minimum Gasteiger partial charge on any atom is -0.448 e. The van der Waals surface area contributed by atoms with Crippen molar-refractivity contribution in [3.63, 3.8) is 0 Å². The molecule has 0 bridgehead atoms. The Morgan fingerprint density at radius 1 is 1.38 bits per heavy atom. The summed E-state index contributed by atoms with van der Waals surface area (Å²) in [5, 5.41) is 2.46. The highest BCUT2D eigenvalue weighted by Gasteiger charge is 2.06. The Bertz CT molecular complexity index is 193. The highest BCUT2D eigenvalue weighted by molar-refractivity contribution is 5.82. The maximum absolute atomic E-state index is 9.91. The molecule has 0 aromatic heterocycles. The van der Waals surface area contributed by atoms with Gasteiger partial charge in [0.25, 0.3) is 0 Å². The molecule has 0 aliphatic carbocycles. The summed E-state index contributed by atoms with van der Waals surface area (Å²) in [6, 6.07) is 0. The van der Waals surface area contributed by atoms with Crippen LogP contribution in [0.4, 0.5) is 4.79 Å². The van der Waals surface area contributed by atoms with Crippen LogP contribution in [0.1, 0.15) is 13.8 Å². The first-order chi connectivity index (χ1) is 6.02. The molecule has 0 aromatic carbocycles. The van der Waals surface area contributed by atoms with Crippen molar-refractivity contribution in [2.45, 2.75) is 13.8 Å². The van der Waals surface area contributed by atoms with E-state index in [9.17, 15) is 14.4 Å². The first kappa shape index (κ1) is 11.4. The molecule has 1 saturated heterocycles. The van der Waals surface area contributed by atoms with Crippen molar-refractivity contribution >= 4 is 18.0 Å². The highest BCUT2D eigenvalue weighted by atomic mass is 16.6. The molecule has 1 rings (SSSR count). The molecular formula is C7H11NO5. The molecule has 1 N–H and O–H groups in total. The predicted octanol–water partition coefficient (Wildman–Crippen LogP) is -0.178. The normalized spacial score (nSPS) is 13.2. The number of esters is 2. The van der Waals surface area contributed by atoms with Crippen molar-refractivity contribution in [1.29, 1.82) is 0 Å². The fourth-order valence-electron chi connectivity index (χ4n) is 0.550. The van der Waals surface area contributed by atoms with Crippen molar-refractivity contribution in [2.24, 2.45) is 0 Å². The zero-order chi connectivity index (χ0) is 10.3. The molecular weight excluding hydrogens is 178 g/mol. The van der Waals surface area contributed by atoms with Crippen LogP contribution >= 0.6 is 0 Å². The second-order valence-corrected chi connectivity index (χ2v) is 2.15. The van der Waals surface area contributed by atoms with Crippen LogP contribution in [0, 0.1) is 0 Å². The molecule has 0 aromatic rings. The number of rotatable bonds is 0. The second-order valence-electron chi connectivity index (χ2n) is 2.15. The van der Waals surface area contributed by atoms with Gasteiger partial charge in [0.15, 0.2) is 0 Å². The van der Waals surface area contributed by atoms with Crippen molar-refractivity contribution < 1.29 is 23.9 Å². The van der Waals surface area contributed by atoms with E-state index in [0.29, 0.717) is 13.2 Å². The standard InChI is InChI=1S/C4H6O3.C3H5NO2/c1-3(5)7-4(2)6;5-3-4-1-2-6-3/h1-2H3;1-2H2,(H,4,5). The Morgan fingerprint density at radius 3 is 2.00 bits per heavy atom. The van der Waals surface area contributed by atoms with Crippen LogP contribution in [-0.2, 0) is 19.1 Å². The Hall–Kier alpha value is -1.59. The highest BCUT2D eigenvalue weighted by Crippen LogP contribution is 1.82. The lowest BCUT2D eigenvalue weighted by Gasteiger charge is -1.87. The van der Waals surface area contributed by atoms with E-state index in [-0.39, 0.29) is 6.09 Å². The number of ether oxygens (including phenoxy) is 2. The van der Waals surface area contributed by atoms with Crippen molar-refractivity contribution in [1.82, 2.24) is 5.32 Å². The van der Waals surface area contributed by atoms with Gasteiger partial charge < -0.3 is 14.8 Å². The van der Waals surface area contributed by atoms with Gasteiger partial charge in [0.05, 0.1) is 6.54 Å². The Morgan fingerprint density at radius 2 is 1.92 bits per heavy atom. The van der Waals surface area contributed by atoms with Gasteiger partial charge in [0, 0.05) is 13.8 Å². The van der Waals surface area contributed by atoms with Gasteiger partial charge in [-0.15, -0.1) is 0 Å². The summed E-state index contributed by atoms with van der Waals surface area (Å²) in [6.07, 6.45) is -0.296. The lowest BCUT2D eigenvalue weighted by molar-refractivity contribution is -0.156. The lowest BCUT2D eigenvalue weighted by atomic mass is 10.7. The molecule has 0 spiro atoms. The Kier molecular flexibility index (Phi) is 5.25. The van der Waals surface area contributed by atoms with Gasteiger partial charge >= 0.3 is 18.0 Å². The average molecular weight is 189 g/mol. The minimum atomic E-state index is -0.562. The van der Waals surface area contributed by atoms with E-state index in [1.165, 1.54) is 13.8 Å². The number of nitrogens with one attached hydrogen (secondary N) is 1. The minimum absolute atomic E-state index is 0.296. The number of cyclic esters (lactones) is 1.